The molecule has 0 bridgehead atoms. The van der Waals surface area contributed by atoms with Crippen molar-refractivity contribution in [2.24, 2.45) is 0 Å². The highest BCUT2D eigenvalue weighted by atomic mass is 16.5. The monoisotopic (exact) mass is 275 g/mol. The van der Waals surface area contributed by atoms with E-state index >= 15 is 0 Å². The van der Waals surface area contributed by atoms with Crippen LogP contribution < -0.4 is 0 Å². The van der Waals surface area contributed by atoms with Gasteiger partial charge in [-0.2, -0.15) is 0 Å². The van der Waals surface area contributed by atoms with Crippen LogP contribution in [0.25, 0.3) is 0 Å². The number of ether oxygens (including phenoxy) is 2. The van der Waals surface area contributed by atoms with Gasteiger partial charge in [-0.1, -0.05) is 24.3 Å². The first-order chi connectivity index (χ1) is 9.84. The standard InChI is InChI=1S/C16H21NO3/c18-16(20-12-9-17-7-10-19-11-8-17)15-6-5-13-3-1-2-4-14(13)15/h1-4,15H,5-12H2. The second-order valence-corrected chi connectivity index (χ2v) is 5.41. The van der Waals surface area contributed by atoms with Crippen LogP contribution in [0.4, 0.5) is 0 Å². The summed E-state index contributed by atoms with van der Waals surface area (Å²) in [5.74, 6) is -0.126. The molecule has 3 rings (SSSR count). The van der Waals surface area contributed by atoms with Gasteiger partial charge in [-0.3, -0.25) is 9.69 Å². The van der Waals surface area contributed by atoms with Crippen LogP contribution in [0.15, 0.2) is 24.3 Å². The highest BCUT2D eigenvalue weighted by molar-refractivity contribution is 5.79. The Morgan fingerprint density at radius 3 is 2.95 bits per heavy atom. The van der Waals surface area contributed by atoms with Gasteiger partial charge in [0.2, 0.25) is 0 Å². The molecule has 0 amide bonds. The normalized spacial score (nSPS) is 22.5. The lowest BCUT2D eigenvalue weighted by Gasteiger charge is -2.26. The highest BCUT2D eigenvalue weighted by Crippen LogP contribution is 2.33. The van der Waals surface area contributed by atoms with E-state index in [9.17, 15) is 4.79 Å². The van der Waals surface area contributed by atoms with Crippen molar-refractivity contribution in [1.82, 2.24) is 4.90 Å². The Hall–Kier alpha value is -1.39. The third-order valence-electron chi connectivity index (χ3n) is 4.17. The summed E-state index contributed by atoms with van der Waals surface area (Å²) >= 11 is 0. The van der Waals surface area contributed by atoms with E-state index < -0.39 is 0 Å². The SMILES string of the molecule is O=C(OCCN1CCOCC1)C1CCc2ccccc21. The zero-order valence-electron chi connectivity index (χ0n) is 11.7. The van der Waals surface area contributed by atoms with Crippen molar-refractivity contribution in [3.8, 4) is 0 Å². The van der Waals surface area contributed by atoms with Gasteiger partial charge in [-0.05, 0) is 24.0 Å². The van der Waals surface area contributed by atoms with Crippen molar-refractivity contribution in [1.29, 1.82) is 0 Å². The van der Waals surface area contributed by atoms with E-state index in [1.54, 1.807) is 0 Å². The fraction of sp³-hybridized carbons (Fsp3) is 0.562. The molecule has 4 nitrogen and oxygen atoms in total. The van der Waals surface area contributed by atoms with Gasteiger partial charge >= 0.3 is 5.97 Å². The molecule has 1 aliphatic heterocycles. The minimum Gasteiger partial charge on any atom is -0.464 e. The summed E-state index contributed by atoms with van der Waals surface area (Å²) in [5.41, 5.74) is 2.45. The van der Waals surface area contributed by atoms with Crippen LogP contribution in [-0.4, -0.2) is 50.3 Å². The Kier molecular flexibility index (Phi) is 4.33. The molecule has 1 fully saturated rings. The molecule has 0 spiro atoms. The predicted molar refractivity (Wildman–Crippen MR) is 75.7 cm³/mol. The zero-order chi connectivity index (χ0) is 13.8. The van der Waals surface area contributed by atoms with Crippen molar-refractivity contribution < 1.29 is 14.3 Å². The minimum atomic E-state index is -0.0665. The molecule has 1 saturated heterocycles. The molecule has 0 aromatic heterocycles. The Morgan fingerprint density at radius 2 is 2.10 bits per heavy atom. The molecule has 1 unspecified atom stereocenters. The van der Waals surface area contributed by atoms with Crippen LogP contribution in [0.5, 0.6) is 0 Å². The summed E-state index contributed by atoms with van der Waals surface area (Å²) in [7, 11) is 0. The molecule has 1 aromatic carbocycles. The van der Waals surface area contributed by atoms with Gasteiger partial charge in [-0.15, -0.1) is 0 Å². The summed E-state index contributed by atoms with van der Waals surface area (Å²) in [5, 5.41) is 0. The van der Waals surface area contributed by atoms with Crippen molar-refractivity contribution in [2.45, 2.75) is 18.8 Å². The predicted octanol–water partition coefficient (Wildman–Crippen LogP) is 1.59. The van der Waals surface area contributed by atoms with Gasteiger partial charge in [-0.25, -0.2) is 0 Å². The fourth-order valence-corrected chi connectivity index (χ4v) is 3.00. The number of morpholine rings is 1. The van der Waals surface area contributed by atoms with Gasteiger partial charge < -0.3 is 9.47 Å². The molecule has 1 heterocycles. The van der Waals surface area contributed by atoms with Crippen molar-refractivity contribution >= 4 is 5.97 Å². The largest absolute Gasteiger partial charge is 0.464 e. The Morgan fingerprint density at radius 1 is 1.30 bits per heavy atom. The zero-order valence-corrected chi connectivity index (χ0v) is 11.7. The molecule has 1 aromatic rings. The van der Waals surface area contributed by atoms with E-state index in [-0.39, 0.29) is 11.9 Å². The van der Waals surface area contributed by atoms with E-state index in [1.807, 2.05) is 12.1 Å². The van der Waals surface area contributed by atoms with E-state index in [1.165, 1.54) is 5.56 Å². The first-order valence-electron chi connectivity index (χ1n) is 7.39. The second kappa shape index (κ2) is 6.37. The topological polar surface area (TPSA) is 38.8 Å². The van der Waals surface area contributed by atoms with E-state index in [0.717, 1.165) is 51.3 Å². The van der Waals surface area contributed by atoms with Crippen LogP contribution in [0, 0.1) is 0 Å². The molecule has 2 aliphatic rings. The lowest BCUT2D eigenvalue weighted by atomic mass is 10.0. The number of nitrogens with zero attached hydrogens (tertiary/aromatic N) is 1. The molecule has 0 saturated carbocycles. The van der Waals surface area contributed by atoms with Crippen LogP contribution in [-0.2, 0) is 20.7 Å². The summed E-state index contributed by atoms with van der Waals surface area (Å²) in [6.07, 6.45) is 1.87. The third kappa shape index (κ3) is 3.02. The quantitative estimate of drug-likeness (QED) is 0.782. The number of carbonyl (C=O) groups is 1. The molecule has 1 aliphatic carbocycles. The second-order valence-electron chi connectivity index (χ2n) is 5.41. The smallest absolute Gasteiger partial charge is 0.313 e. The molecular weight excluding hydrogens is 254 g/mol. The van der Waals surface area contributed by atoms with E-state index in [0.29, 0.717) is 6.61 Å². The number of esters is 1. The van der Waals surface area contributed by atoms with Crippen LogP contribution >= 0.6 is 0 Å². The number of rotatable bonds is 4. The van der Waals surface area contributed by atoms with Crippen LogP contribution in [0.1, 0.15) is 23.5 Å². The Bertz CT molecular complexity index is 469. The van der Waals surface area contributed by atoms with Crippen molar-refractivity contribution in [3.05, 3.63) is 35.4 Å². The average molecular weight is 275 g/mol. The lowest BCUT2D eigenvalue weighted by molar-refractivity contribution is -0.146. The van der Waals surface area contributed by atoms with Crippen LogP contribution in [0.3, 0.4) is 0 Å². The Balaban J connectivity index is 1.48. The number of aryl methyl sites for hydroxylation is 1. The molecule has 20 heavy (non-hydrogen) atoms. The van der Waals surface area contributed by atoms with Crippen LogP contribution in [0.2, 0.25) is 0 Å². The van der Waals surface area contributed by atoms with Crippen molar-refractivity contribution in [3.63, 3.8) is 0 Å². The van der Waals surface area contributed by atoms with E-state index in [2.05, 4.69) is 17.0 Å². The fourth-order valence-electron chi connectivity index (χ4n) is 3.00. The maximum Gasteiger partial charge on any atom is 0.313 e. The molecule has 4 heteroatoms. The van der Waals surface area contributed by atoms with Gasteiger partial charge in [0, 0.05) is 19.6 Å². The summed E-state index contributed by atoms with van der Waals surface area (Å²) in [6.45, 7) is 4.72. The highest BCUT2D eigenvalue weighted by Gasteiger charge is 2.29. The van der Waals surface area contributed by atoms with Gasteiger partial charge in [0.05, 0.1) is 19.1 Å². The number of fused-ring (bicyclic) bond motifs is 1. The summed E-state index contributed by atoms with van der Waals surface area (Å²) in [4.78, 5) is 14.5. The molecule has 1 atom stereocenters. The average Bonchev–Trinajstić information content (AvgIpc) is 2.92. The molecular formula is C16H21NO3. The Labute approximate surface area is 119 Å². The maximum absolute atomic E-state index is 12.2. The summed E-state index contributed by atoms with van der Waals surface area (Å²) < 4.78 is 10.8. The first-order valence-corrected chi connectivity index (χ1v) is 7.39. The van der Waals surface area contributed by atoms with E-state index in [4.69, 9.17) is 9.47 Å². The number of hydrogen-bond donors (Lipinski definition) is 0. The number of carbonyl (C=O) groups excluding carboxylic acids is 1. The number of hydrogen-bond acceptors (Lipinski definition) is 4. The first kappa shape index (κ1) is 13.6. The van der Waals surface area contributed by atoms with Gasteiger partial charge in [0.15, 0.2) is 0 Å². The lowest BCUT2D eigenvalue weighted by Crippen LogP contribution is -2.38. The number of benzene rings is 1. The van der Waals surface area contributed by atoms with Crippen molar-refractivity contribution in [2.75, 3.05) is 39.5 Å². The van der Waals surface area contributed by atoms with Gasteiger partial charge in [0.25, 0.3) is 0 Å². The minimum absolute atomic E-state index is 0.0594. The molecule has 0 radical (unpaired) electrons. The molecule has 108 valence electrons. The summed E-state index contributed by atoms with van der Waals surface area (Å²) in [6, 6.07) is 8.19. The third-order valence-corrected chi connectivity index (χ3v) is 4.17. The maximum atomic E-state index is 12.2. The molecule has 0 N–H and O–H groups in total. The van der Waals surface area contributed by atoms with Gasteiger partial charge in [0.1, 0.15) is 6.61 Å².